The van der Waals surface area contributed by atoms with Crippen molar-refractivity contribution in [2.75, 3.05) is 0 Å². The van der Waals surface area contributed by atoms with Gasteiger partial charge in [0.25, 0.3) is 0 Å². The van der Waals surface area contributed by atoms with Gasteiger partial charge < -0.3 is 35.0 Å². The van der Waals surface area contributed by atoms with Crippen LogP contribution < -0.4 is 0 Å². The van der Waals surface area contributed by atoms with Crippen molar-refractivity contribution in [3.8, 4) is 0 Å². The normalized spacial score (nSPS) is 40.7. The van der Waals surface area contributed by atoms with Gasteiger partial charge in [-0.2, -0.15) is 0 Å². The first kappa shape index (κ1) is 13.8. The predicted molar refractivity (Wildman–Crippen MR) is 51.1 cm³/mol. The molecule has 1 aliphatic heterocycles. The minimum absolute atomic E-state index is 0.279. The van der Waals surface area contributed by atoms with E-state index in [9.17, 15) is 15.3 Å². The fourth-order valence-electron chi connectivity index (χ4n) is 1.50. The summed E-state index contributed by atoms with van der Waals surface area (Å²) in [5, 5.41) is 46.3. The molecule has 0 aromatic rings. The van der Waals surface area contributed by atoms with Crippen LogP contribution in [0.5, 0.6) is 0 Å². The molecule has 7 heteroatoms. The average molecular weight is 238 g/mol. The van der Waals surface area contributed by atoms with E-state index in [1.165, 1.54) is 0 Å². The SMILES string of the molecule is CC(C)O[C@@H]1OC(C(O)O)[C@H](O)C(O)C1O. The first-order valence-corrected chi connectivity index (χ1v) is 5.06. The Balaban J connectivity index is 2.73. The van der Waals surface area contributed by atoms with Crippen LogP contribution in [0.3, 0.4) is 0 Å². The summed E-state index contributed by atoms with van der Waals surface area (Å²) in [5.74, 6) is 0. The molecule has 16 heavy (non-hydrogen) atoms. The van der Waals surface area contributed by atoms with Gasteiger partial charge in [-0.1, -0.05) is 0 Å². The van der Waals surface area contributed by atoms with Gasteiger partial charge in [-0.15, -0.1) is 0 Å². The molecule has 1 aliphatic rings. The molecule has 0 aromatic heterocycles. The van der Waals surface area contributed by atoms with Crippen LogP contribution in [0.15, 0.2) is 0 Å². The highest BCUT2D eigenvalue weighted by Crippen LogP contribution is 2.24. The van der Waals surface area contributed by atoms with Gasteiger partial charge in [-0.3, -0.25) is 0 Å². The van der Waals surface area contributed by atoms with Gasteiger partial charge in [0.05, 0.1) is 6.10 Å². The highest BCUT2D eigenvalue weighted by molar-refractivity contribution is 4.90. The Bertz CT molecular complexity index is 218. The second kappa shape index (κ2) is 5.37. The lowest BCUT2D eigenvalue weighted by molar-refractivity contribution is -0.334. The van der Waals surface area contributed by atoms with E-state index in [1.807, 2.05) is 0 Å². The number of hydrogen-bond acceptors (Lipinski definition) is 7. The molecule has 1 heterocycles. The molecular weight excluding hydrogens is 220 g/mol. The van der Waals surface area contributed by atoms with Crippen molar-refractivity contribution in [1.82, 2.24) is 0 Å². The monoisotopic (exact) mass is 238 g/mol. The Labute approximate surface area is 92.9 Å². The van der Waals surface area contributed by atoms with E-state index in [0.29, 0.717) is 0 Å². The van der Waals surface area contributed by atoms with Crippen LogP contribution in [0.1, 0.15) is 13.8 Å². The van der Waals surface area contributed by atoms with Gasteiger partial charge in [0.15, 0.2) is 12.6 Å². The molecule has 5 N–H and O–H groups in total. The van der Waals surface area contributed by atoms with Crippen molar-refractivity contribution in [1.29, 1.82) is 0 Å². The maximum absolute atomic E-state index is 9.53. The molecule has 96 valence electrons. The summed E-state index contributed by atoms with van der Waals surface area (Å²) in [6.45, 7) is 3.38. The van der Waals surface area contributed by atoms with Crippen molar-refractivity contribution in [3.05, 3.63) is 0 Å². The van der Waals surface area contributed by atoms with Crippen molar-refractivity contribution in [2.24, 2.45) is 0 Å². The molecule has 0 spiro atoms. The number of ether oxygens (including phenoxy) is 2. The molecule has 5 atom stereocenters. The summed E-state index contributed by atoms with van der Waals surface area (Å²) in [6, 6.07) is 0. The fourth-order valence-corrected chi connectivity index (χ4v) is 1.50. The zero-order valence-electron chi connectivity index (χ0n) is 9.09. The summed E-state index contributed by atoms with van der Waals surface area (Å²) >= 11 is 0. The van der Waals surface area contributed by atoms with E-state index >= 15 is 0 Å². The Morgan fingerprint density at radius 3 is 2.00 bits per heavy atom. The topological polar surface area (TPSA) is 120 Å². The molecule has 0 aromatic carbocycles. The summed E-state index contributed by atoms with van der Waals surface area (Å²) < 4.78 is 10.1. The number of aliphatic hydroxyl groups excluding tert-OH is 4. The van der Waals surface area contributed by atoms with Crippen molar-refractivity contribution >= 4 is 0 Å². The van der Waals surface area contributed by atoms with E-state index in [1.54, 1.807) is 13.8 Å². The third kappa shape index (κ3) is 2.89. The first-order chi connectivity index (χ1) is 7.34. The van der Waals surface area contributed by atoms with Crippen molar-refractivity contribution in [2.45, 2.75) is 56.9 Å². The van der Waals surface area contributed by atoms with Crippen LogP contribution in [0.25, 0.3) is 0 Å². The standard InChI is InChI=1S/C9H18O7/c1-3(2)15-9-6(12)4(10)5(11)7(16-9)8(13)14/h3-14H,1-2H3/t4?,5-,6?,7?,9-/m1/s1. The molecule has 0 saturated carbocycles. The maximum atomic E-state index is 9.53. The van der Waals surface area contributed by atoms with Crippen LogP contribution in [0.2, 0.25) is 0 Å². The van der Waals surface area contributed by atoms with Crippen LogP contribution in [0.4, 0.5) is 0 Å². The predicted octanol–water partition coefficient (Wildman–Crippen LogP) is -2.47. The molecule has 1 saturated heterocycles. The summed E-state index contributed by atoms with van der Waals surface area (Å²) in [6.07, 6.45) is -9.43. The third-order valence-corrected chi connectivity index (χ3v) is 2.31. The zero-order chi connectivity index (χ0) is 12.5. The van der Waals surface area contributed by atoms with E-state index in [4.69, 9.17) is 19.7 Å². The lowest BCUT2D eigenvalue weighted by atomic mass is 9.98. The molecule has 0 radical (unpaired) electrons. The van der Waals surface area contributed by atoms with E-state index < -0.39 is 37.0 Å². The fraction of sp³-hybridized carbons (Fsp3) is 1.00. The largest absolute Gasteiger partial charge is 0.387 e. The van der Waals surface area contributed by atoms with E-state index in [2.05, 4.69) is 0 Å². The van der Waals surface area contributed by atoms with Crippen LogP contribution >= 0.6 is 0 Å². The minimum atomic E-state index is -1.96. The maximum Gasteiger partial charge on any atom is 0.187 e. The van der Waals surface area contributed by atoms with Gasteiger partial charge in [0.2, 0.25) is 0 Å². The summed E-state index contributed by atoms with van der Waals surface area (Å²) in [7, 11) is 0. The average Bonchev–Trinajstić information content (AvgIpc) is 2.18. The zero-order valence-corrected chi connectivity index (χ0v) is 9.09. The molecule has 7 nitrogen and oxygen atoms in total. The number of aliphatic hydroxyl groups is 5. The van der Waals surface area contributed by atoms with Gasteiger partial charge in [0.1, 0.15) is 24.4 Å². The van der Waals surface area contributed by atoms with Crippen LogP contribution in [0, 0.1) is 0 Å². The lowest BCUT2D eigenvalue weighted by Gasteiger charge is -2.41. The summed E-state index contributed by atoms with van der Waals surface area (Å²) in [4.78, 5) is 0. The minimum Gasteiger partial charge on any atom is -0.387 e. The molecule has 1 fully saturated rings. The van der Waals surface area contributed by atoms with E-state index in [-0.39, 0.29) is 6.10 Å². The van der Waals surface area contributed by atoms with Gasteiger partial charge >= 0.3 is 0 Å². The molecular formula is C9H18O7. The lowest BCUT2D eigenvalue weighted by Crippen LogP contribution is -2.61. The van der Waals surface area contributed by atoms with Gasteiger partial charge in [-0.25, -0.2) is 0 Å². The number of hydrogen-bond donors (Lipinski definition) is 5. The Morgan fingerprint density at radius 2 is 1.56 bits per heavy atom. The van der Waals surface area contributed by atoms with Gasteiger partial charge in [-0.05, 0) is 13.8 Å². The second-order valence-electron chi connectivity index (χ2n) is 4.04. The van der Waals surface area contributed by atoms with Crippen LogP contribution in [-0.2, 0) is 9.47 Å². The van der Waals surface area contributed by atoms with Crippen LogP contribution in [-0.4, -0.2) is 68.6 Å². The summed E-state index contributed by atoms with van der Waals surface area (Å²) in [5.41, 5.74) is 0. The molecule has 1 rings (SSSR count). The molecule has 0 amide bonds. The first-order valence-electron chi connectivity index (χ1n) is 5.06. The second-order valence-corrected chi connectivity index (χ2v) is 4.04. The van der Waals surface area contributed by atoms with E-state index in [0.717, 1.165) is 0 Å². The molecule has 0 aliphatic carbocycles. The Hall–Kier alpha value is -0.280. The molecule has 3 unspecified atom stereocenters. The van der Waals surface area contributed by atoms with Crippen molar-refractivity contribution < 1.29 is 35.0 Å². The van der Waals surface area contributed by atoms with Gasteiger partial charge in [0, 0.05) is 0 Å². The number of rotatable bonds is 3. The smallest absolute Gasteiger partial charge is 0.187 e. The highest BCUT2D eigenvalue weighted by Gasteiger charge is 2.46. The third-order valence-electron chi connectivity index (χ3n) is 2.31. The Kier molecular flexibility index (Phi) is 4.62. The quantitative estimate of drug-likeness (QED) is 0.346. The molecule has 0 bridgehead atoms. The highest BCUT2D eigenvalue weighted by atomic mass is 16.7. The van der Waals surface area contributed by atoms with Crippen molar-refractivity contribution in [3.63, 3.8) is 0 Å². The Morgan fingerprint density at radius 1 is 1.00 bits per heavy atom.